The SMILES string of the molecule is CC(C)(C)OC(=O)NCC#Cc1ccc2c3c(cccc13)N(C1CCC(=O)NC1=O)C2=O. The van der Waals surface area contributed by atoms with Crippen molar-refractivity contribution in [1.29, 1.82) is 0 Å². The molecule has 1 unspecified atom stereocenters. The number of ether oxygens (including phenoxy) is 1. The van der Waals surface area contributed by atoms with Crippen LogP contribution >= 0.6 is 0 Å². The van der Waals surface area contributed by atoms with Crippen molar-refractivity contribution in [3.05, 3.63) is 41.5 Å². The first-order valence-electron chi connectivity index (χ1n) is 10.3. The van der Waals surface area contributed by atoms with Crippen LogP contribution < -0.4 is 15.5 Å². The van der Waals surface area contributed by atoms with E-state index in [1.54, 1.807) is 39.0 Å². The summed E-state index contributed by atoms with van der Waals surface area (Å²) < 4.78 is 5.18. The molecule has 2 N–H and O–H groups in total. The van der Waals surface area contributed by atoms with Gasteiger partial charge in [0, 0.05) is 28.3 Å². The quantitative estimate of drug-likeness (QED) is 0.559. The van der Waals surface area contributed by atoms with Crippen LogP contribution in [0.5, 0.6) is 0 Å². The van der Waals surface area contributed by atoms with Gasteiger partial charge in [-0.15, -0.1) is 0 Å². The Balaban J connectivity index is 1.60. The summed E-state index contributed by atoms with van der Waals surface area (Å²) in [5, 5.41) is 6.42. The van der Waals surface area contributed by atoms with Crippen molar-refractivity contribution in [2.75, 3.05) is 11.4 Å². The average Bonchev–Trinajstić information content (AvgIpc) is 2.99. The minimum Gasteiger partial charge on any atom is -0.444 e. The number of nitrogens with zero attached hydrogens (tertiary/aromatic N) is 1. The van der Waals surface area contributed by atoms with E-state index in [1.807, 2.05) is 12.1 Å². The van der Waals surface area contributed by atoms with Gasteiger partial charge in [-0.2, -0.15) is 0 Å². The van der Waals surface area contributed by atoms with Gasteiger partial charge in [0.05, 0.1) is 12.2 Å². The van der Waals surface area contributed by atoms with E-state index >= 15 is 0 Å². The third-order valence-electron chi connectivity index (χ3n) is 5.19. The Labute approximate surface area is 185 Å². The van der Waals surface area contributed by atoms with Gasteiger partial charge < -0.3 is 10.1 Å². The first-order valence-corrected chi connectivity index (χ1v) is 10.3. The first-order chi connectivity index (χ1) is 15.2. The summed E-state index contributed by atoms with van der Waals surface area (Å²) in [6, 6.07) is 8.20. The van der Waals surface area contributed by atoms with Crippen LogP contribution in [0.4, 0.5) is 10.5 Å². The van der Waals surface area contributed by atoms with E-state index in [9.17, 15) is 19.2 Å². The van der Waals surface area contributed by atoms with Crippen LogP contribution in [0.25, 0.3) is 10.8 Å². The highest BCUT2D eigenvalue weighted by Crippen LogP contribution is 2.40. The third-order valence-corrected chi connectivity index (χ3v) is 5.19. The maximum Gasteiger partial charge on any atom is 0.408 e. The third kappa shape index (κ3) is 4.02. The number of imide groups is 1. The molecule has 0 aromatic heterocycles. The lowest BCUT2D eigenvalue weighted by atomic mass is 10.0. The van der Waals surface area contributed by atoms with Crippen LogP contribution in [0.2, 0.25) is 0 Å². The Bertz CT molecular complexity index is 1220. The summed E-state index contributed by atoms with van der Waals surface area (Å²) >= 11 is 0. The molecule has 0 bridgehead atoms. The van der Waals surface area contributed by atoms with Crippen LogP contribution in [0.3, 0.4) is 0 Å². The molecule has 1 fully saturated rings. The second-order valence-corrected chi connectivity index (χ2v) is 8.66. The standard InChI is InChI=1S/C24H23N3O5/c1-24(2,3)32-23(31)25-13-5-6-14-9-10-16-20-15(14)7-4-8-17(20)27(22(16)30)18-11-12-19(28)26-21(18)29/h4,7-10,18H,11-13H2,1-3H3,(H,25,31)(H,26,28,29). The number of alkyl carbamates (subject to hydrolysis) is 1. The van der Waals surface area contributed by atoms with Crippen LogP contribution in [0, 0.1) is 11.8 Å². The fourth-order valence-corrected chi connectivity index (χ4v) is 3.92. The highest BCUT2D eigenvalue weighted by molar-refractivity contribution is 6.27. The van der Waals surface area contributed by atoms with Gasteiger partial charge in [0.15, 0.2) is 0 Å². The Morgan fingerprint density at radius 3 is 2.72 bits per heavy atom. The molecule has 164 valence electrons. The summed E-state index contributed by atoms with van der Waals surface area (Å²) in [7, 11) is 0. The number of nitrogens with one attached hydrogen (secondary N) is 2. The van der Waals surface area contributed by atoms with E-state index in [0.717, 1.165) is 10.8 Å². The fourth-order valence-electron chi connectivity index (χ4n) is 3.92. The molecule has 2 aliphatic heterocycles. The summed E-state index contributed by atoms with van der Waals surface area (Å²) in [6.07, 6.45) is -0.0739. The van der Waals surface area contributed by atoms with Crippen LogP contribution in [0.1, 0.15) is 49.5 Å². The van der Waals surface area contributed by atoms with Crippen molar-refractivity contribution < 1.29 is 23.9 Å². The normalized spacial score (nSPS) is 17.7. The minimum atomic E-state index is -0.731. The van der Waals surface area contributed by atoms with Crippen LogP contribution in [-0.4, -0.2) is 42.0 Å². The Morgan fingerprint density at radius 2 is 2.00 bits per heavy atom. The molecule has 2 heterocycles. The summed E-state index contributed by atoms with van der Waals surface area (Å²) in [5.74, 6) is 4.88. The molecular formula is C24H23N3O5. The van der Waals surface area contributed by atoms with E-state index < -0.39 is 23.6 Å². The zero-order valence-corrected chi connectivity index (χ0v) is 18.1. The largest absolute Gasteiger partial charge is 0.444 e. The minimum absolute atomic E-state index is 0.110. The maximum absolute atomic E-state index is 13.1. The molecule has 2 aromatic rings. The lowest BCUT2D eigenvalue weighted by Crippen LogP contribution is -2.53. The van der Waals surface area contributed by atoms with Gasteiger partial charge in [-0.25, -0.2) is 4.79 Å². The number of anilines is 1. The van der Waals surface area contributed by atoms with Gasteiger partial charge in [0.2, 0.25) is 11.8 Å². The number of amides is 4. The maximum atomic E-state index is 13.1. The average molecular weight is 433 g/mol. The van der Waals surface area contributed by atoms with Gasteiger partial charge in [0.25, 0.3) is 5.91 Å². The predicted octanol–water partition coefficient (Wildman–Crippen LogP) is 2.48. The van der Waals surface area contributed by atoms with Gasteiger partial charge in [-0.3, -0.25) is 24.6 Å². The van der Waals surface area contributed by atoms with Crippen molar-refractivity contribution >= 4 is 40.3 Å². The molecule has 2 aliphatic rings. The molecule has 32 heavy (non-hydrogen) atoms. The van der Waals surface area contributed by atoms with Crippen LogP contribution in [-0.2, 0) is 14.3 Å². The molecule has 0 radical (unpaired) electrons. The fraction of sp³-hybridized carbons (Fsp3) is 0.333. The van der Waals surface area contributed by atoms with E-state index in [2.05, 4.69) is 22.5 Å². The highest BCUT2D eigenvalue weighted by atomic mass is 16.6. The Morgan fingerprint density at radius 1 is 1.22 bits per heavy atom. The van der Waals surface area contributed by atoms with Gasteiger partial charge in [0.1, 0.15) is 11.6 Å². The van der Waals surface area contributed by atoms with E-state index in [4.69, 9.17) is 4.74 Å². The molecule has 1 saturated heterocycles. The molecule has 2 aromatic carbocycles. The predicted molar refractivity (Wildman–Crippen MR) is 118 cm³/mol. The summed E-state index contributed by atoms with van der Waals surface area (Å²) in [6.45, 7) is 5.46. The number of rotatable bonds is 2. The number of carbonyl (C=O) groups excluding carboxylic acids is 4. The van der Waals surface area contributed by atoms with Crippen molar-refractivity contribution in [2.24, 2.45) is 0 Å². The molecule has 4 amide bonds. The Hall–Kier alpha value is -3.86. The first kappa shape index (κ1) is 21.4. The topological polar surface area (TPSA) is 105 Å². The smallest absolute Gasteiger partial charge is 0.408 e. The molecule has 8 nitrogen and oxygen atoms in total. The van der Waals surface area contributed by atoms with E-state index in [0.29, 0.717) is 16.8 Å². The van der Waals surface area contributed by atoms with Crippen molar-refractivity contribution in [3.63, 3.8) is 0 Å². The number of benzene rings is 2. The highest BCUT2D eigenvalue weighted by Gasteiger charge is 2.40. The molecule has 1 atom stereocenters. The molecule has 0 aliphatic carbocycles. The van der Waals surface area contributed by atoms with Crippen molar-refractivity contribution in [1.82, 2.24) is 10.6 Å². The van der Waals surface area contributed by atoms with E-state index in [1.165, 1.54) is 4.90 Å². The number of hydrogen-bond acceptors (Lipinski definition) is 5. The second kappa shape index (κ2) is 8.00. The van der Waals surface area contributed by atoms with Crippen molar-refractivity contribution in [3.8, 4) is 11.8 Å². The molecular weight excluding hydrogens is 410 g/mol. The molecule has 4 rings (SSSR count). The second-order valence-electron chi connectivity index (χ2n) is 8.66. The monoisotopic (exact) mass is 433 g/mol. The van der Waals surface area contributed by atoms with Crippen LogP contribution in [0.15, 0.2) is 30.3 Å². The number of hydrogen-bond donors (Lipinski definition) is 2. The molecule has 0 saturated carbocycles. The zero-order chi connectivity index (χ0) is 23.0. The molecule has 0 spiro atoms. The molecule has 8 heteroatoms. The lowest BCUT2D eigenvalue weighted by molar-refractivity contribution is -0.134. The number of piperidine rings is 1. The Kier molecular flexibility index (Phi) is 5.35. The summed E-state index contributed by atoms with van der Waals surface area (Å²) in [4.78, 5) is 50.3. The zero-order valence-electron chi connectivity index (χ0n) is 18.1. The van der Waals surface area contributed by atoms with Gasteiger partial charge in [-0.05, 0) is 45.4 Å². The van der Waals surface area contributed by atoms with E-state index in [-0.39, 0.29) is 31.2 Å². The summed E-state index contributed by atoms with van der Waals surface area (Å²) in [5.41, 5.74) is 1.25. The lowest BCUT2D eigenvalue weighted by Gasteiger charge is -2.30. The van der Waals surface area contributed by atoms with Gasteiger partial charge >= 0.3 is 6.09 Å². The van der Waals surface area contributed by atoms with Crippen molar-refractivity contribution in [2.45, 2.75) is 45.3 Å². The van der Waals surface area contributed by atoms with Gasteiger partial charge in [-0.1, -0.05) is 24.0 Å². The number of carbonyl (C=O) groups is 4.